The molecule has 0 radical (unpaired) electrons. The number of aliphatic hydroxyl groups is 2. The highest BCUT2D eigenvalue weighted by atomic mass is 35.5. The van der Waals surface area contributed by atoms with E-state index in [9.17, 15) is 10.2 Å². The molecule has 1 fully saturated rings. The lowest BCUT2D eigenvalue weighted by Gasteiger charge is -2.61. The van der Waals surface area contributed by atoms with Gasteiger partial charge in [0.15, 0.2) is 0 Å². The van der Waals surface area contributed by atoms with Gasteiger partial charge < -0.3 is 15.9 Å². The molecule has 1 saturated carbocycles. The summed E-state index contributed by atoms with van der Waals surface area (Å²) < 4.78 is 0. The summed E-state index contributed by atoms with van der Waals surface area (Å²) in [5.41, 5.74) is 13.2. The van der Waals surface area contributed by atoms with Gasteiger partial charge in [-0.05, 0) is 115 Å². The first-order chi connectivity index (χ1) is 20.7. The van der Waals surface area contributed by atoms with Crippen molar-refractivity contribution in [3.8, 4) is 11.3 Å². The van der Waals surface area contributed by atoms with E-state index >= 15 is 0 Å². The summed E-state index contributed by atoms with van der Waals surface area (Å²) in [6.07, 6.45) is 15.4. The van der Waals surface area contributed by atoms with Crippen molar-refractivity contribution in [2.75, 3.05) is 12.3 Å². The van der Waals surface area contributed by atoms with Crippen molar-refractivity contribution in [3.05, 3.63) is 75.5 Å². The smallest absolute Gasteiger partial charge is 0.220 e. The highest BCUT2D eigenvalue weighted by Crippen LogP contribution is 2.62. The molecule has 44 heavy (non-hydrogen) atoms. The maximum atomic E-state index is 11.9. The van der Waals surface area contributed by atoms with Crippen LogP contribution in [0.4, 0.5) is 5.95 Å². The molecule has 0 spiro atoms. The average molecular weight is 620 g/mol. The van der Waals surface area contributed by atoms with E-state index in [0.717, 1.165) is 85.9 Å². The van der Waals surface area contributed by atoms with Gasteiger partial charge in [0.05, 0.1) is 23.6 Å². The summed E-state index contributed by atoms with van der Waals surface area (Å²) in [5, 5.41) is 21.8. The van der Waals surface area contributed by atoms with Crippen molar-refractivity contribution < 1.29 is 10.2 Å². The Hall–Kier alpha value is -2.47. The molecule has 1 aromatic carbocycles. The molecule has 4 atom stereocenters. The standard InChI is InChI=1S/C38H54ClN3O2/c1-25(13-9-15-27(3)24-43)11-8-12-26(2)14-10-16-32-37(6)23-30-33(28-17-19-29(39)20-18-28)41-35(40)42-34(30)36(4,5)31(37)21-22-38(32,7)44/h11,14-15,17-20,31-32,43-44H,8-10,12-13,16,21-24H2,1-7H3,(H2,40,41,42)/b25-11+,26-14+,27-15+/t31-,32+,37-,38+/m0/s1. The highest BCUT2D eigenvalue weighted by Gasteiger charge is 2.60. The molecule has 1 heterocycles. The van der Waals surface area contributed by atoms with Crippen molar-refractivity contribution in [3.63, 3.8) is 0 Å². The fraction of sp³-hybridized carbons (Fsp3) is 0.579. The minimum Gasteiger partial charge on any atom is -0.392 e. The number of halogens is 1. The second-order valence-electron chi connectivity index (χ2n) is 14.6. The minimum atomic E-state index is -0.738. The Labute approximate surface area is 270 Å². The summed E-state index contributed by atoms with van der Waals surface area (Å²) in [4.78, 5) is 9.63. The fourth-order valence-electron chi connectivity index (χ4n) is 8.42. The molecule has 0 saturated heterocycles. The van der Waals surface area contributed by atoms with Crippen LogP contribution in [0.15, 0.2) is 59.2 Å². The number of nitrogens with zero attached hydrogens (tertiary/aromatic N) is 2. The van der Waals surface area contributed by atoms with E-state index in [-0.39, 0.29) is 23.4 Å². The Bertz CT molecular complexity index is 1410. The first-order valence-electron chi connectivity index (χ1n) is 16.4. The molecule has 2 aliphatic carbocycles. The van der Waals surface area contributed by atoms with Gasteiger partial charge in [-0.2, -0.15) is 0 Å². The van der Waals surface area contributed by atoms with Gasteiger partial charge in [-0.1, -0.05) is 79.5 Å². The zero-order valence-electron chi connectivity index (χ0n) is 28.0. The van der Waals surface area contributed by atoms with Crippen LogP contribution in [0.5, 0.6) is 0 Å². The van der Waals surface area contributed by atoms with Gasteiger partial charge in [-0.15, -0.1) is 0 Å². The Kier molecular flexibility index (Phi) is 10.9. The third-order valence-corrected chi connectivity index (χ3v) is 11.0. The number of benzene rings is 1. The van der Waals surface area contributed by atoms with Crippen molar-refractivity contribution in [1.82, 2.24) is 9.97 Å². The maximum absolute atomic E-state index is 11.9. The van der Waals surface area contributed by atoms with Gasteiger partial charge in [-0.3, -0.25) is 0 Å². The van der Waals surface area contributed by atoms with E-state index in [4.69, 9.17) is 27.3 Å². The summed E-state index contributed by atoms with van der Waals surface area (Å²) >= 11 is 6.23. The Morgan fingerprint density at radius 2 is 1.52 bits per heavy atom. The number of rotatable bonds is 11. The molecule has 0 amide bonds. The molecule has 0 bridgehead atoms. The first kappa shape index (κ1) is 34.4. The van der Waals surface area contributed by atoms with Crippen molar-refractivity contribution in [1.29, 1.82) is 0 Å². The molecule has 0 aliphatic heterocycles. The lowest BCUT2D eigenvalue weighted by atomic mass is 9.44. The summed E-state index contributed by atoms with van der Waals surface area (Å²) in [7, 11) is 0. The summed E-state index contributed by atoms with van der Waals surface area (Å²) in [6.45, 7) is 15.6. The van der Waals surface area contributed by atoms with Gasteiger partial charge >= 0.3 is 0 Å². The minimum absolute atomic E-state index is 0.122. The molecular formula is C38H54ClN3O2. The molecule has 6 heteroatoms. The average Bonchev–Trinajstić information content (AvgIpc) is 2.95. The van der Waals surface area contributed by atoms with Crippen LogP contribution >= 0.6 is 11.6 Å². The van der Waals surface area contributed by atoms with Crippen LogP contribution in [0.3, 0.4) is 0 Å². The number of aromatic nitrogens is 2. The maximum Gasteiger partial charge on any atom is 0.220 e. The van der Waals surface area contributed by atoms with Gasteiger partial charge in [-0.25, -0.2) is 9.97 Å². The number of hydrogen-bond donors (Lipinski definition) is 3. The van der Waals surface area contributed by atoms with E-state index in [0.29, 0.717) is 16.9 Å². The van der Waals surface area contributed by atoms with Crippen LogP contribution in [0.1, 0.15) is 111 Å². The largest absolute Gasteiger partial charge is 0.392 e. The molecule has 1 aromatic heterocycles. The van der Waals surface area contributed by atoms with Crippen molar-refractivity contribution >= 4 is 17.5 Å². The van der Waals surface area contributed by atoms with Crippen LogP contribution in [-0.4, -0.2) is 32.4 Å². The summed E-state index contributed by atoms with van der Waals surface area (Å²) in [6, 6.07) is 7.83. The number of fused-ring (bicyclic) bond motifs is 2. The van der Waals surface area contributed by atoms with Crippen LogP contribution < -0.4 is 5.73 Å². The number of anilines is 1. The number of aliphatic hydroxyl groups excluding tert-OH is 1. The van der Waals surface area contributed by atoms with E-state index in [1.54, 1.807) is 0 Å². The number of allylic oxidation sites excluding steroid dienone is 5. The molecule has 4 N–H and O–H groups in total. The second kappa shape index (κ2) is 13.9. The second-order valence-corrected chi connectivity index (χ2v) is 15.1. The lowest BCUT2D eigenvalue weighted by molar-refractivity contribution is -0.144. The monoisotopic (exact) mass is 619 g/mol. The molecule has 240 valence electrons. The zero-order valence-corrected chi connectivity index (χ0v) is 28.8. The van der Waals surface area contributed by atoms with E-state index < -0.39 is 5.60 Å². The van der Waals surface area contributed by atoms with E-state index in [2.05, 4.69) is 59.8 Å². The van der Waals surface area contributed by atoms with Crippen molar-refractivity contribution in [2.24, 2.45) is 17.3 Å². The lowest BCUT2D eigenvalue weighted by Crippen LogP contribution is -2.60. The number of nitrogens with two attached hydrogens (primary N) is 1. The van der Waals surface area contributed by atoms with Gasteiger partial charge in [0.25, 0.3) is 0 Å². The topological polar surface area (TPSA) is 92.3 Å². The predicted octanol–water partition coefficient (Wildman–Crippen LogP) is 9.17. The van der Waals surface area contributed by atoms with Crippen LogP contribution in [-0.2, 0) is 11.8 Å². The molecule has 5 nitrogen and oxygen atoms in total. The fourth-order valence-corrected chi connectivity index (χ4v) is 8.54. The van der Waals surface area contributed by atoms with Crippen LogP contribution in [0.2, 0.25) is 5.02 Å². The third kappa shape index (κ3) is 7.49. The summed E-state index contributed by atoms with van der Waals surface area (Å²) in [5.74, 6) is 0.816. The highest BCUT2D eigenvalue weighted by molar-refractivity contribution is 6.30. The molecule has 4 rings (SSSR count). The normalized spacial score (nSPS) is 27.2. The van der Waals surface area contributed by atoms with Gasteiger partial charge in [0.2, 0.25) is 5.95 Å². The molecular weight excluding hydrogens is 566 g/mol. The third-order valence-electron chi connectivity index (χ3n) is 10.7. The Morgan fingerprint density at radius 3 is 2.14 bits per heavy atom. The number of hydrogen-bond acceptors (Lipinski definition) is 5. The quantitative estimate of drug-likeness (QED) is 0.218. The zero-order chi connectivity index (χ0) is 32.3. The molecule has 2 aromatic rings. The number of nitrogen functional groups attached to an aromatic ring is 1. The van der Waals surface area contributed by atoms with Crippen molar-refractivity contribution in [2.45, 2.75) is 117 Å². The SMILES string of the molecule is C/C(=C\CC/C(C)=C/CC/C(C)=C/CC[C@@H]1[C@@]2(C)Cc3c(-c4ccc(Cl)cc4)nc(N)nc3C(C)(C)[C@@H]2CC[C@@]1(C)O)CO. The predicted molar refractivity (Wildman–Crippen MR) is 185 cm³/mol. The van der Waals surface area contributed by atoms with Crippen LogP contribution in [0.25, 0.3) is 11.3 Å². The molecule has 2 aliphatic rings. The van der Waals surface area contributed by atoms with Gasteiger partial charge in [0.1, 0.15) is 0 Å². The van der Waals surface area contributed by atoms with E-state index in [1.807, 2.05) is 31.2 Å². The van der Waals surface area contributed by atoms with Gasteiger partial charge in [0, 0.05) is 21.6 Å². The Morgan fingerprint density at radius 1 is 0.932 bits per heavy atom. The van der Waals surface area contributed by atoms with E-state index in [1.165, 1.54) is 11.1 Å². The molecule has 0 unspecified atom stereocenters. The van der Waals surface area contributed by atoms with Crippen LogP contribution in [0, 0.1) is 17.3 Å². The Balaban J connectivity index is 1.54. The first-order valence-corrected chi connectivity index (χ1v) is 16.8.